The second-order valence-corrected chi connectivity index (χ2v) is 5.68. The predicted molar refractivity (Wildman–Crippen MR) is 78.1 cm³/mol. The first-order chi connectivity index (χ1) is 9.95. The number of nitrogens with two attached hydrogens (primary N) is 1. The molecule has 2 N–H and O–H groups in total. The third-order valence-electron chi connectivity index (χ3n) is 3.32. The van der Waals surface area contributed by atoms with Crippen LogP contribution in [-0.4, -0.2) is 23.2 Å². The quantitative estimate of drug-likeness (QED) is 0.657. The maximum atomic E-state index is 10.7. The Bertz CT molecular complexity index is 543. The number of nitro benzene ring substituents is 1. The number of rotatable bonds is 4. The van der Waals surface area contributed by atoms with Gasteiger partial charge in [-0.3, -0.25) is 10.1 Å². The van der Waals surface area contributed by atoms with Gasteiger partial charge in [0.15, 0.2) is 0 Å². The molecule has 0 aromatic heterocycles. The van der Waals surface area contributed by atoms with Crippen LogP contribution in [-0.2, 0) is 4.74 Å². The molecule has 2 rings (SSSR count). The average Bonchev–Trinajstić information content (AvgIpc) is 2.42. The first-order valence-corrected chi connectivity index (χ1v) is 7.31. The Morgan fingerprint density at radius 1 is 1.29 bits per heavy atom. The van der Waals surface area contributed by atoms with E-state index >= 15 is 0 Å². The third kappa shape index (κ3) is 4.32. The maximum absolute atomic E-state index is 10.7. The van der Waals surface area contributed by atoms with E-state index in [2.05, 4.69) is 15.9 Å². The molecule has 7 nitrogen and oxygen atoms in total. The number of non-ortho nitro benzene ring substituents is 1. The van der Waals surface area contributed by atoms with E-state index in [1.54, 1.807) is 6.07 Å². The first kappa shape index (κ1) is 15.6. The standard InChI is InChI=1S/C13H15BrN2O5/c14-11-7-8(16(18)19)1-6-12(11)20-9-2-4-10(5-3-9)21-13(15)17/h1,6-7,9-10H,2-5H2,(H2,15,17). The topological polar surface area (TPSA) is 105 Å². The van der Waals surface area contributed by atoms with E-state index in [1.807, 2.05) is 0 Å². The molecule has 1 saturated carbocycles. The molecule has 1 aromatic rings. The number of carbonyl (C=O) groups excluding carboxylic acids is 1. The Morgan fingerprint density at radius 3 is 2.43 bits per heavy atom. The van der Waals surface area contributed by atoms with Gasteiger partial charge in [0.25, 0.3) is 5.69 Å². The molecule has 0 heterocycles. The first-order valence-electron chi connectivity index (χ1n) is 6.52. The number of primary amides is 1. The number of nitrogens with zero attached hydrogens (tertiary/aromatic N) is 1. The van der Waals surface area contributed by atoms with E-state index in [0.717, 1.165) is 12.8 Å². The Labute approximate surface area is 129 Å². The zero-order valence-electron chi connectivity index (χ0n) is 11.2. The molecular weight excluding hydrogens is 344 g/mol. The van der Waals surface area contributed by atoms with Crippen molar-refractivity contribution in [1.82, 2.24) is 0 Å². The van der Waals surface area contributed by atoms with Crippen molar-refractivity contribution in [2.24, 2.45) is 5.73 Å². The number of ether oxygens (including phenoxy) is 2. The summed E-state index contributed by atoms with van der Waals surface area (Å²) < 4.78 is 11.3. The molecule has 1 aliphatic rings. The molecule has 1 aromatic carbocycles. The highest BCUT2D eigenvalue weighted by Crippen LogP contribution is 2.32. The molecule has 0 atom stereocenters. The number of hydrogen-bond donors (Lipinski definition) is 1. The van der Waals surface area contributed by atoms with Crippen LogP contribution < -0.4 is 10.5 Å². The normalized spacial score (nSPS) is 21.6. The van der Waals surface area contributed by atoms with Crippen LogP contribution in [0, 0.1) is 10.1 Å². The minimum atomic E-state index is -0.752. The molecule has 0 aliphatic heterocycles. The molecular formula is C13H15BrN2O5. The van der Waals surface area contributed by atoms with E-state index < -0.39 is 11.0 Å². The summed E-state index contributed by atoms with van der Waals surface area (Å²) in [5.41, 5.74) is 4.99. The number of amides is 1. The lowest BCUT2D eigenvalue weighted by molar-refractivity contribution is -0.385. The summed E-state index contributed by atoms with van der Waals surface area (Å²) in [6.07, 6.45) is 1.95. The van der Waals surface area contributed by atoms with Crippen molar-refractivity contribution in [3.05, 3.63) is 32.8 Å². The number of carbonyl (C=O) groups is 1. The highest BCUT2D eigenvalue weighted by molar-refractivity contribution is 9.10. The van der Waals surface area contributed by atoms with Crippen LogP contribution in [0.25, 0.3) is 0 Å². The van der Waals surface area contributed by atoms with Gasteiger partial charge in [0.2, 0.25) is 0 Å². The van der Waals surface area contributed by atoms with Gasteiger partial charge in [-0.2, -0.15) is 0 Å². The fourth-order valence-electron chi connectivity index (χ4n) is 2.31. The number of benzene rings is 1. The maximum Gasteiger partial charge on any atom is 0.404 e. The second-order valence-electron chi connectivity index (χ2n) is 4.83. The lowest BCUT2D eigenvalue weighted by Crippen LogP contribution is -2.31. The minimum absolute atomic E-state index is 0.00418. The van der Waals surface area contributed by atoms with Crippen LogP contribution in [0.15, 0.2) is 22.7 Å². The highest BCUT2D eigenvalue weighted by atomic mass is 79.9. The molecule has 0 unspecified atom stereocenters. The van der Waals surface area contributed by atoms with Crippen molar-refractivity contribution in [3.8, 4) is 5.75 Å². The van der Waals surface area contributed by atoms with Gasteiger partial charge in [-0.25, -0.2) is 4.79 Å². The molecule has 114 valence electrons. The minimum Gasteiger partial charge on any atom is -0.489 e. The molecule has 1 fully saturated rings. The summed E-state index contributed by atoms with van der Waals surface area (Å²) in [4.78, 5) is 20.9. The number of hydrogen-bond acceptors (Lipinski definition) is 5. The fraction of sp³-hybridized carbons (Fsp3) is 0.462. The zero-order valence-corrected chi connectivity index (χ0v) is 12.7. The lowest BCUT2D eigenvalue weighted by atomic mass is 9.95. The highest BCUT2D eigenvalue weighted by Gasteiger charge is 2.25. The van der Waals surface area contributed by atoms with Crippen LogP contribution in [0.3, 0.4) is 0 Å². The number of nitro groups is 1. The predicted octanol–water partition coefficient (Wildman–Crippen LogP) is 3.14. The number of halogens is 1. The summed E-state index contributed by atoms with van der Waals surface area (Å²) in [6, 6.07) is 4.40. The van der Waals surface area contributed by atoms with E-state index in [1.165, 1.54) is 12.1 Å². The van der Waals surface area contributed by atoms with Crippen LogP contribution in [0.1, 0.15) is 25.7 Å². The van der Waals surface area contributed by atoms with Gasteiger partial charge in [-0.15, -0.1) is 0 Å². The zero-order chi connectivity index (χ0) is 15.4. The van der Waals surface area contributed by atoms with Crippen molar-refractivity contribution < 1.29 is 19.2 Å². The Kier molecular flexibility index (Phi) is 5.00. The SMILES string of the molecule is NC(=O)OC1CCC(Oc2ccc([N+](=O)[O-])cc2Br)CC1. The van der Waals surface area contributed by atoms with E-state index in [4.69, 9.17) is 15.2 Å². The summed E-state index contributed by atoms with van der Waals surface area (Å²) >= 11 is 3.27. The van der Waals surface area contributed by atoms with Crippen molar-refractivity contribution in [2.75, 3.05) is 0 Å². The molecule has 8 heteroatoms. The monoisotopic (exact) mass is 358 g/mol. The van der Waals surface area contributed by atoms with Crippen molar-refractivity contribution in [2.45, 2.75) is 37.9 Å². The Hall–Kier alpha value is -1.83. The van der Waals surface area contributed by atoms with Crippen LogP contribution >= 0.6 is 15.9 Å². The summed E-state index contributed by atoms with van der Waals surface area (Å²) in [6.45, 7) is 0. The van der Waals surface area contributed by atoms with Gasteiger partial charge >= 0.3 is 6.09 Å². The van der Waals surface area contributed by atoms with Crippen molar-refractivity contribution in [3.63, 3.8) is 0 Å². The third-order valence-corrected chi connectivity index (χ3v) is 3.94. The van der Waals surface area contributed by atoms with Gasteiger partial charge in [0.1, 0.15) is 11.9 Å². The largest absolute Gasteiger partial charge is 0.489 e. The molecule has 0 bridgehead atoms. The smallest absolute Gasteiger partial charge is 0.404 e. The average molecular weight is 359 g/mol. The van der Waals surface area contributed by atoms with Gasteiger partial charge in [-0.1, -0.05) is 0 Å². The van der Waals surface area contributed by atoms with Crippen LogP contribution in [0.5, 0.6) is 5.75 Å². The lowest BCUT2D eigenvalue weighted by Gasteiger charge is -2.28. The van der Waals surface area contributed by atoms with Crippen LogP contribution in [0.4, 0.5) is 10.5 Å². The molecule has 0 spiro atoms. The molecule has 1 aliphatic carbocycles. The Balaban J connectivity index is 1.91. The fourth-order valence-corrected chi connectivity index (χ4v) is 2.77. The van der Waals surface area contributed by atoms with Gasteiger partial charge < -0.3 is 15.2 Å². The van der Waals surface area contributed by atoms with Gasteiger partial charge in [-0.05, 0) is 47.7 Å². The molecule has 1 amide bonds. The van der Waals surface area contributed by atoms with Gasteiger partial charge in [0.05, 0.1) is 15.5 Å². The molecule has 0 saturated heterocycles. The summed E-state index contributed by atoms with van der Waals surface area (Å²) in [5.74, 6) is 0.569. The van der Waals surface area contributed by atoms with Crippen LogP contribution in [0.2, 0.25) is 0 Å². The Morgan fingerprint density at radius 2 is 1.90 bits per heavy atom. The molecule has 21 heavy (non-hydrogen) atoms. The van der Waals surface area contributed by atoms with E-state index in [-0.39, 0.29) is 17.9 Å². The second kappa shape index (κ2) is 6.75. The summed E-state index contributed by atoms with van der Waals surface area (Å²) in [5, 5.41) is 10.7. The van der Waals surface area contributed by atoms with Crippen molar-refractivity contribution in [1.29, 1.82) is 0 Å². The van der Waals surface area contributed by atoms with E-state index in [9.17, 15) is 14.9 Å². The van der Waals surface area contributed by atoms with E-state index in [0.29, 0.717) is 23.1 Å². The summed E-state index contributed by atoms with van der Waals surface area (Å²) in [7, 11) is 0. The molecule has 0 radical (unpaired) electrons. The van der Waals surface area contributed by atoms with Crippen molar-refractivity contribution >= 4 is 27.7 Å². The van der Waals surface area contributed by atoms with Gasteiger partial charge in [0, 0.05) is 12.1 Å².